The van der Waals surface area contributed by atoms with Gasteiger partial charge in [-0.15, -0.1) is 0 Å². The van der Waals surface area contributed by atoms with Gasteiger partial charge in [-0.05, 0) is 24.3 Å². The van der Waals surface area contributed by atoms with Crippen molar-refractivity contribution in [2.45, 2.75) is 6.18 Å². The fraction of sp³-hybridized carbons (Fsp3) is 0.0833. The van der Waals surface area contributed by atoms with Gasteiger partial charge in [-0.25, -0.2) is 0 Å². The Morgan fingerprint density at radius 2 is 1.83 bits per heavy atom. The van der Waals surface area contributed by atoms with Crippen molar-refractivity contribution in [2.24, 2.45) is 0 Å². The van der Waals surface area contributed by atoms with Gasteiger partial charge in [0.1, 0.15) is 11.5 Å². The lowest BCUT2D eigenvalue weighted by Gasteiger charge is -2.09. The Bertz CT molecular complexity index is 557. The first-order valence-electron chi connectivity index (χ1n) is 4.91. The highest BCUT2D eigenvalue weighted by atomic mass is 35.5. The molecule has 6 heteroatoms. The van der Waals surface area contributed by atoms with Crippen LogP contribution >= 0.6 is 11.6 Å². The molecule has 0 unspecified atom stereocenters. The van der Waals surface area contributed by atoms with Crippen molar-refractivity contribution in [2.75, 3.05) is 0 Å². The SMILES string of the molecule is FC(F)(F)c1cncc(Oc2cccc(Cl)c2)c1. The second kappa shape index (κ2) is 4.86. The topological polar surface area (TPSA) is 22.1 Å². The maximum Gasteiger partial charge on any atom is 0.418 e. The molecule has 0 saturated carbocycles. The molecule has 0 amide bonds. The smallest absolute Gasteiger partial charge is 0.418 e. The second-order valence-corrected chi connectivity index (χ2v) is 3.90. The highest BCUT2D eigenvalue weighted by Gasteiger charge is 2.31. The van der Waals surface area contributed by atoms with E-state index in [1.54, 1.807) is 18.2 Å². The number of nitrogens with zero attached hydrogens (tertiary/aromatic N) is 1. The van der Waals surface area contributed by atoms with E-state index in [1.807, 2.05) is 0 Å². The van der Waals surface area contributed by atoms with Crippen LogP contribution in [0.2, 0.25) is 5.02 Å². The minimum Gasteiger partial charge on any atom is -0.456 e. The molecule has 1 aromatic heterocycles. The monoisotopic (exact) mass is 273 g/mol. The summed E-state index contributed by atoms with van der Waals surface area (Å²) < 4.78 is 42.6. The lowest BCUT2D eigenvalue weighted by atomic mass is 10.2. The van der Waals surface area contributed by atoms with Gasteiger partial charge in [-0.3, -0.25) is 4.98 Å². The van der Waals surface area contributed by atoms with Gasteiger partial charge in [0.25, 0.3) is 0 Å². The largest absolute Gasteiger partial charge is 0.456 e. The summed E-state index contributed by atoms with van der Waals surface area (Å²) in [4.78, 5) is 3.49. The summed E-state index contributed by atoms with van der Waals surface area (Å²) in [5, 5.41) is 0.437. The summed E-state index contributed by atoms with van der Waals surface area (Å²) in [5.74, 6) is 0.357. The van der Waals surface area contributed by atoms with Gasteiger partial charge in [-0.2, -0.15) is 13.2 Å². The third-order valence-electron chi connectivity index (χ3n) is 2.07. The molecular formula is C12H7ClF3NO. The van der Waals surface area contributed by atoms with Gasteiger partial charge in [0.2, 0.25) is 0 Å². The standard InChI is InChI=1S/C12H7ClF3NO/c13-9-2-1-3-10(5-9)18-11-4-8(6-17-7-11)12(14,15)16/h1-7H. The second-order valence-electron chi connectivity index (χ2n) is 3.47. The average molecular weight is 274 g/mol. The van der Waals surface area contributed by atoms with Crippen LogP contribution in [0.4, 0.5) is 13.2 Å². The molecule has 0 aliphatic rings. The number of hydrogen-bond donors (Lipinski definition) is 0. The van der Waals surface area contributed by atoms with E-state index in [1.165, 1.54) is 12.3 Å². The molecule has 1 heterocycles. The molecule has 0 saturated heterocycles. The number of halogens is 4. The zero-order chi connectivity index (χ0) is 13.2. The van der Waals surface area contributed by atoms with E-state index in [0.717, 1.165) is 12.3 Å². The first kappa shape index (κ1) is 12.7. The summed E-state index contributed by atoms with van der Waals surface area (Å²) in [6.07, 6.45) is -2.50. The lowest BCUT2D eigenvalue weighted by Crippen LogP contribution is -2.05. The minimum atomic E-state index is -4.44. The summed E-state index contributed by atoms with van der Waals surface area (Å²) in [5.41, 5.74) is -0.859. The molecule has 2 nitrogen and oxygen atoms in total. The van der Waals surface area contributed by atoms with Crippen LogP contribution in [-0.4, -0.2) is 4.98 Å². The maximum absolute atomic E-state index is 12.5. The third-order valence-corrected chi connectivity index (χ3v) is 2.31. The van der Waals surface area contributed by atoms with E-state index in [2.05, 4.69) is 4.98 Å². The van der Waals surface area contributed by atoms with E-state index < -0.39 is 11.7 Å². The number of aromatic nitrogens is 1. The number of rotatable bonds is 2. The number of pyridine rings is 1. The molecule has 0 fully saturated rings. The van der Waals surface area contributed by atoms with Crippen molar-refractivity contribution in [3.63, 3.8) is 0 Å². The van der Waals surface area contributed by atoms with E-state index in [9.17, 15) is 13.2 Å². The maximum atomic E-state index is 12.5. The summed E-state index contributed by atoms with van der Waals surface area (Å²) in [7, 11) is 0. The van der Waals surface area contributed by atoms with Crippen LogP contribution in [-0.2, 0) is 6.18 Å². The van der Waals surface area contributed by atoms with Gasteiger partial charge < -0.3 is 4.74 Å². The number of hydrogen-bond acceptors (Lipinski definition) is 2. The van der Waals surface area contributed by atoms with Crippen molar-refractivity contribution in [3.8, 4) is 11.5 Å². The van der Waals surface area contributed by atoms with Crippen LogP contribution in [0.1, 0.15) is 5.56 Å². The van der Waals surface area contributed by atoms with Crippen molar-refractivity contribution in [1.29, 1.82) is 0 Å². The average Bonchev–Trinajstić information content (AvgIpc) is 2.28. The van der Waals surface area contributed by atoms with E-state index in [-0.39, 0.29) is 5.75 Å². The van der Waals surface area contributed by atoms with Crippen LogP contribution in [0.25, 0.3) is 0 Å². The first-order chi connectivity index (χ1) is 8.45. The Morgan fingerprint density at radius 1 is 1.06 bits per heavy atom. The molecule has 94 valence electrons. The predicted molar refractivity (Wildman–Crippen MR) is 60.8 cm³/mol. The molecule has 1 aromatic carbocycles. The Balaban J connectivity index is 2.25. The Kier molecular flexibility index (Phi) is 3.43. The van der Waals surface area contributed by atoms with Gasteiger partial charge in [0.05, 0.1) is 11.8 Å². The Hall–Kier alpha value is -1.75. The molecule has 2 aromatic rings. The first-order valence-corrected chi connectivity index (χ1v) is 5.28. The van der Waals surface area contributed by atoms with E-state index >= 15 is 0 Å². The van der Waals surface area contributed by atoms with Crippen LogP contribution in [0.5, 0.6) is 11.5 Å². The molecule has 2 rings (SSSR count). The van der Waals surface area contributed by atoms with Gasteiger partial charge in [-0.1, -0.05) is 17.7 Å². The molecule has 0 spiro atoms. The number of alkyl halides is 3. The molecule has 0 atom stereocenters. The van der Waals surface area contributed by atoms with Gasteiger partial charge >= 0.3 is 6.18 Å². The summed E-state index contributed by atoms with van der Waals surface area (Å²) in [6.45, 7) is 0. The third kappa shape index (κ3) is 3.13. The minimum absolute atomic E-state index is 0.00657. The molecule has 0 N–H and O–H groups in total. The highest BCUT2D eigenvalue weighted by Crippen LogP contribution is 2.32. The van der Waals surface area contributed by atoms with Gasteiger partial charge in [0.15, 0.2) is 0 Å². The quantitative estimate of drug-likeness (QED) is 0.801. The number of benzene rings is 1. The lowest BCUT2D eigenvalue weighted by molar-refractivity contribution is -0.137. The molecule has 18 heavy (non-hydrogen) atoms. The van der Waals surface area contributed by atoms with Crippen LogP contribution in [0.15, 0.2) is 42.7 Å². The summed E-state index contributed by atoms with van der Waals surface area (Å²) in [6, 6.07) is 7.25. The fourth-order valence-electron chi connectivity index (χ4n) is 1.30. The molecule has 0 radical (unpaired) electrons. The summed E-state index contributed by atoms with van der Waals surface area (Å²) >= 11 is 5.74. The molecular weight excluding hydrogens is 267 g/mol. The highest BCUT2D eigenvalue weighted by molar-refractivity contribution is 6.30. The van der Waals surface area contributed by atoms with Crippen LogP contribution < -0.4 is 4.74 Å². The van der Waals surface area contributed by atoms with Crippen LogP contribution in [0, 0.1) is 0 Å². The molecule has 0 bridgehead atoms. The zero-order valence-corrected chi connectivity index (χ0v) is 9.66. The van der Waals surface area contributed by atoms with Crippen LogP contribution in [0.3, 0.4) is 0 Å². The number of ether oxygens (including phenoxy) is 1. The molecule has 0 aliphatic heterocycles. The van der Waals surface area contributed by atoms with Crippen molar-refractivity contribution in [3.05, 3.63) is 53.3 Å². The predicted octanol–water partition coefficient (Wildman–Crippen LogP) is 4.55. The fourth-order valence-corrected chi connectivity index (χ4v) is 1.48. The van der Waals surface area contributed by atoms with Crippen molar-refractivity contribution >= 4 is 11.6 Å². The van der Waals surface area contributed by atoms with Crippen molar-refractivity contribution in [1.82, 2.24) is 4.98 Å². The molecule has 0 aliphatic carbocycles. The van der Waals surface area contributed by atoms with Crippen molar-refractivity contribution < 1.29 is 17.9 Å². The van der Waals surface area contributed by atoms with E-state index in [4.69, 9.17) is 16.3 Å². The Labute approximate surface area is 106 Å². The Morgan fingerprint density at radius 3 is 2.50 bits per heavy atom. The van der Waals surface area contributed by atoms with E-state index in [0.29, 0.717) is 10.8 Å². The van der Waals surface area contributed by atoms with Gasteiger partial charge in [0, 0.05) is 11.2 Å². The normalized spacial score (nSPS) is 11.3. The zero-order valence-electron chi connectivity index (χ0n) is 8.91.